The number of fused-ring (bicyclic) bond motifs is 3. The van der Waals surface area contributed by atoms with Crippen LogP contribution in [0.25, 0.3) is 0 Å². The van der Waals surface area contributed by atoms with Crippen LogP contribution in [-0.2, 0) is 4.74 Å². The van der Waals surface area contributed by atoms with Gasteiger partial charge in [0, 0.05) is 25.4 Å². The number of nitrogens with zero attached hydrogens (tertiary/aromatic N) is 1. The van der Waals surface area contributed by atoms with Crippen molar-refractivity contribution in [3.63, 3.8) is 0 Å². The molecule has 3 fully saturated rings. The van der Waals surface area contributed by atoms with E-state index >= 15 is 0 Å². The van der Waals surface area contributed by atoms with Gasteiger partial charge in [-0.25, -0.2) is 0 Å². The minimum atomic E-state index is 0.400. The monoisotopic (exact) mass is 194 g/mol. The van der Waals surface area contributed by atoms with Gasteiger partial charge in [-0.2, -0.15) is 0 Å². The van der Waals surface area contributed by atoms with Crippen LogP contribution in [-0.4, -0.2) is 36.5 Å². The molecule has 14 heavy (non-hydrogen) atoms. The lowest BCUT2D eigenvalue weighted by Crippen LogP contribution is -2.25. The lowest BCUT2D eigenvalue weighted by Gasteiger charge is -2.17. The molecule has 2 saturated heterocycles. The molecule has 1 aliphatic carbocycles. The maximum absolute atomic E-state index is 7.56. The molecule has 0 aromatic heterocycles. The predicted molar refractivity (Wildman–Crippen MR) is 54.4 cm³/mol. The number of hydrogen-bond donors (Lipinski definition) is 1. The molecule has 3 nitrogen and oxygen atoms in total. The second-order valence-electron chi connectivity index (χ2n) is 4.96. The summed E-state index contributed by atoms with van der Waals surface area (Å²) in [7, 11) is 0. The largest absolute Gasteiger partial charge is 0.478 e. The summed E-state index contributed by atoms with van der Waals surface area (Å²) in [6.45, 7) is 5.94. The van der Waals surface area contributed by atoms with Gasteiger partial charge in [0.2, 0.25) is 0 Å². The zero-order valence-corrected chi connectivity index (χ0v) is 8.70. The van der Waals surface area contributed by atoms with Crippen LogP contribution in [0.3, 0.4) is 0 Å². The first kappa shape index (κ1) is 8.72. The standard InChI is InChI=1S/C11H18N2O/c1-2-13-5-7-3-10-8(9(7)6-13)4-11(12)14-10/h7-10,12H,2-6H2,1H3. The molecule has 0 aromatic carbocycles. The SMILES string of the molecule is CCN1CC2CC3OC(=N)CC3C2C1. The molecular formula is C11H18N2O. The van der Waals surface area contributed by atoms with Crippen LogP contribution in [0.5, 0.6) is 0 Å². The lowest BCUT2D eigenvalue weighted by atomic mass is 9.90. The van der Waals surface area contributed by atoms with E-state index in [1.165, 1.54) is 26.1 Å². The lowest BCUT2D eigenvalue weighted by molar-refractivity contribution is 0.168. The third kappa shape index (κ3) is 1.11. The second-order valence-corrected chi connectivity index (χ2v) is 4.96. The number of rotatable bonds is 1. The molecule has 3 heteroatoms. The quantitative estimate of drug-likeness (QED) is 0.684. The van der Waals surface area contributed by atoms with Crippen LogP contribution in [0.15, 0.2) is 0 Å². The van der Waals surface area contributed by atoms with Crippen LogP contribution >= 0.6 is 0 Å². The maximum Gasteiger partial charge on any atom is 0.181 e. The Balaban J connectivity index is 1.75. The van der Waals surface area contributed by atoms with Crippen LogP contribution in [0.4, 0.5) is 0 Å². The molecule has 1 N–H and O–H groups in total. The van der Waals surface area contributed by atoms with E-state index in [-0.39, 0.29) is 0 Å². The molecule has 78 valence electrons. The van der Waals surface area contributed by atoms with Gasteiger partial charge in [-0.3, -0.25) is 5.41 Å². The van der Waals surface area contributed by atoms with Crippen molar-refractivity contribution in [1.82, 2.24) is 4.90 Å². The summed E-state index contributed by atoms with van der Waals surface area (Å²) in [5.41, 5.74) is 0. The first-order valence-corrected chi connectivity index (χ1v) is 5.74. The van der Waals surface area contributed by atoms with E-state index in [1.54, 1.807) is 0 Å². The Morgan fingerprint density at radius 1 is 1.43 bits per heavy atom. The van der Waals surface area contributed by atoms with Crippen molar-refractivity contribution < 1.29 is 4.74 Å². The third-order valence-electron chi connectivity index (χ3n) is 4.29. The fourth-order valence-corrected chi connectivity index (χ4v) is 3.59. The van der Waals surface area contributed by atoms with Gasteiger partial charge in [-0.05, 0) is 24.8 Å². The van der Waals surface area contributed by atoms with Gasteiger partial charge in [-0.1, -0.05) is 6.92 Å². The van der Waals surface area contributed by atoms with Crippen LogP contribution in [0, 0.1) is 23.2 Å². The summed E-state index contributed by atoms with van der Waals surface area (Å²) in [5, 5.41) is 7.56. The minimum absolute atomic E-state index is 0.400. The Hall–Kier alpha value is -0.570. The van der Waals surface area contributed by atoms with Gasteiger partial charge in [0.05, 0.1) is 0 Å². The van der Waals surface area contributed by atoms with Gasteiger partial charge in [0.1, 0.15) is 6.10 Å². The van der Waals surface area contributed by atoms with Gasteiger partial charge in [-0.15, -0.1) is 0 Å². The maximum atomic E-state index is 7.56. The molecule has 4 unspecified atom stereocenters. The summed E-state index contributed by atoms with van der Waals surface area (Å²) in [6.07, 6.45) is 2.51. The molecule has 1 saturated carbocycles. The van der Waals surface area contributed by atoms with Crippen LogP contribution < -0.4 is 0 Å². The molecule has 4 atom stereocenters. The molecule has 2 aliphatic heterocycles. The third-order valence-corrected chi connectivity index (χ3v) is 4.29. The summed E-state index contributed by atoms with van der Waals surface area (Å²) in [4.78, 5) is 2.55. The molecular weight excluding hydrogens is 176 g/mol. The van der Waals surface area contributed by atoms with E-state index in [9.17, 15) is 0 Å². The Morgan fingerprint density at radius 3 is 3.07 bits per heavy atom. The smallest absolute Gasteiger partial charge is 0.181 e. The van der Waals surface area contributed by atoms with Gasteiger partial charge in [0.15, 0.2) is 5.90 Å². The molecule has 3 aliphatic rings. The molecule has 0 amide bonds. The first-order valence-electron chi connectivity index (χ1n) is 5.74. The Bertz CT molecular complexity index is 266. The number of ether oxygens (including phenoxy) is 1. The summed E-state index contributed by atoms with van der Waals surface area (Å²) < 4.78 is 5.56. The topological polar surface area (TPSA) is 36.3 Å². The van der Waals surface area contributed by atoms with Crippen molar-refractivity contribution in [2.24, 2.45) is 17.8 Å². The van der Waals surface area contributed by atoms with E-state index in [0.29, 0.717) is 17.9 Å². The first-order chi connectivity index (χ1) is 6.78. The highest BCUT2D eigenvalue weighted by atomic mass is 16.5. The van der Waals surface area contributed by atoms with Gasteiger partial charge >= 0.3 is 0 Å². The fourth-order valence-electron chi connectivity index (χ4n) is 3.59. The van der Waals surface area contributed by atoms with E-state index < -0.39 is 0 Å². The Morgan fingerprint density at radius 2 is 2.29 bits per heavy atom. The highest BCUT2D eigenvalue weighted by Crippen LogP contribution is 2.48. The molecule has 0 spiro atoms. The molecule has 2 heterocycles. The van der Waals surface area contributed by atoms with E-state index in [2.05, 4.69) is 11.8 Å². The Kier molecular flexibility index (Phi) is 1.84. The number of nitrogens with one attached hydrogen (secondary N) is 1. The normalized spacial score (nSPS) is 46.5. The molecule has 0 bridgehead atoms. The highest BCUT2D eigenvalue weighted by Gasteiger charge is 2.51. The zero-order chi connectivity index (χ0) is 9.71. The van der Waals surface area contributed by atoms with Crippen LogP contribution in [0.1, 0.15) is 19.8 Å². The van der Waals surface area contributed by atoms with Crippen molar-refractivity contribution in [3.8, 4) is 0 Å². The van der Waals surface area contributed by atoms with E-state index in [1.807, 2.05) is 0 Å². The molecule has 0 aromatic rings. The molecule has 3 rings (SSSR count). The molecule has 0 radical (unpaired) electrons. The van der Waals surface area contributed by atoms with Crippen molar-refractivity contribution in [2.45, 2.75) is 25.9 Å². The van der Waals surface area contributed by atoms with Gasteiger partial charge in [0.25, 0.3) is 0 Å². The van der Waals surface area contributed by atoms with Crippen molar-refractivity contribution in [3.05, 3.63) is 0 Å². The average molecular weight is 194 g/mol. The van der Waals surface area contributed by atoms with E-state index in [0.717, 1.165) is 18.3 Å². The average Bonchev–Trinajstić information content (AvgIpc) is 2.74. The second kappa shape index (κ2) is 2.96. The summed E-state index contributed by atoms with van der Waals surface area (Å²) in [6, 6.07) is 0. The number of likely N-dealkylation sites (tertiary alicyclic amines) is 1. The Labute approximate surface area is 84.9 Å². The van der Waals surface area contributed by atoms with Crippen molar-refractivity contribution >= 4 is 5.90 Å². The van der Waals surface area contributed by atoms with Crippen molar-refractivity contribution in [1.29, 1.82) is 5.41 Å². The zero-order valence-electron chi connectivity index (χ0n) is 8.70. The summed E-state index contributed by atoms with van der Waals surface area (Å²) >= 11 is 0. The van der Waals surface area contributed by atoms with Crippen molar-refractivity contribution in [2.75, 3.05) is 19.6 Å². The number of hydrogen-bond acceptors (Lipinski definition) is 3. The van der Waals surface area contributed by atoms with E-state index in [4.69, 9.17) is 10.1 Å². The van der Waals surface area contributed by atoms with Gasteiger partial charge < -0.3 is 9.64 Å². The predicted octanol–water partition coefficient (Wildman–Crippen LogP) is 1.34. The van der Waals surface area contributed by atoms with Crippen LogP contribution in [0.2, 0.25) is 0 Å². The summed E-state index contributed by atoms with van der Waals surface area (Å²) in [5.74, 6) is 2.89. The highest BCUT2D eigenvalue weighted by molar-refractivity contribution is 5.75. The minimum Gasteiger partial charge on any atom is -0.478 e. The fraction of sp³-hybridized carbons (Fsp3) is 0.909.